The molecule has 0 radical (unpaired) electrons. The first kappa shape index (κ1) is 19.2. The monoisotopic (exact) mass is 384 g/mol. The minimum Gasteiger partial charge on any atom is -0.294 e. The summed E-state index contributed by atoms with van der Waals surface area (Å²) in [5.41, 5.74) is 0.362. The van der Waals surface area contributed by atoms with Crippen LogP contribution in [0.5, 0.6) is 0 Å². The van der Waals surface area contributed by atoms with Crippen LogP contribution in [-0.4, -0.2) is 23.6 Å². The van der Waals surface area contributed by atoms with Crippen molar-refractivity contribution in [2.24, 2.45) is 10.8 Å². The van der Waals surface area contributed by atoms with Crippen LogP contribution in [0.2, 0.25) is 0 Å². The fraction of sp³-hybridized carbons (Fsp3) is 0.364. The van der Waals surface area contributed by atoms with Crippen LogP contribution < -0.4 is 0 Å². The van der Waals surface area contributed by atoms with E-state index in [-0.39, 0.29) is 11.6 Å². The molecule has 0 amide bonds. The second kappa shape index (κ2) is 7.24. The van der Waals surface area contributed by atoms with Gasteiger partial charge in [0.25, 0.3) is 0 Å². The second-order valence-electron chi connectivity index (χ2n) is 7.76. The van der Waals surface area contributed by atoms with Gasteiger partial charge in [-0.15, -0.1) is 23.5 Å². The van der Waals surface area contributed by atoms with E-state index in [9.17, 15) is 9.59 Å². The Hall–Kier alpha value is -1.52. The van der Waals surface area contributed by atoms with Crippen LogP contribution in [-0.2, 0) is 0 Å². The molecule has 1 unspecified atom stereocenters. The van der Waals surface area contributed by atoms with Crippen molar-refractivity contribution in [2.75, 3.05) is 12.0 Å². The number of benzene rings is 2. The Bertz CT molecular complexity index is 857. The van der Waals surface area contributed by atoms with Crippen LogP contribution in [0.4, 0.5) is 0 Å². The van der Waals surface area contributed by atoms with Gasteiger partial charge in [-0.2, -0.15) is 0 Å². The lowest BCUT2D eigenvalue weighted by atomic mass is 9.68. The van der Waals surface area contributed by atoms with Gasteiger partial charge in [0.2, 0.25) is 0 Å². The molecule has 136 valence electrons. The van der Waals surface area contributed by atoms with Gasteiger partial charge in [0.05, 0.1) is 0 Å². The molecule has 0 aromatic heterocycles. The van der Waals surface area contributed by atoms with Gasteiger partial charge >= 0.3 is 0 Å². The number of carbonyl (C=O) groups is 2. The lowest BCUT2D eigenvalue weighted by Crippen LogP contribution is -2.40. The van der Waals surface area contributed by atoms with Crippen molar-refractivity contribution < 1.29 is 9.59 Å². The summed E-state index contributed by atoms with van der Waals surface area (Å²) >= 11 is 3.21. The van der Waals surface area contributed by atoms with Crippen LogP contribution in [0.25, 0.3) is 0 Å². The van der Waals surface area contributed by atoms with E-state index < -0.39 is 10.8 Å². The molecule has 0 fully saturated rings. The van der Waals surface area contributed by atoms with Gasteiger partial charge in [-0.05, 0) is 24.8 Å². The summed E-state index contributed by atoms with van der Waals surface area (Å²) in [4.78, 5) is 28.7. The zero-order valence-electron chi connectivity index (χ0n) is 15.7. The van der Waals surface area contributed by atoms with Crippen LogP contribution in [0.3, 0.4) is 0 Å². The third-order valence-corrected chi connectivity index (χ3v) is 7.27. The van der Waals surface area contributed by atoms with E-state index in [1.165, 1.54) is 0 Å². The average molecular weight is 385 g/mol. The normalized spacial score (nSPS) is 22.2. The van der Waals surface area contributed by atoms with Crippen molar-refractivity contribution in [2.45, 2.75) is 37.0 Å². The predicted octanol–water partition coefficient (Wildman–Crippen LogP) is 6.00. The standard InChI is InChI=1S/C22H24O2S2/c1-21(2)13-22(3,20(24)15-9-5-7-11-17(15)25-4)14-26-18-12-8-6-10-16(18)19(21)23/h5-12H,13-14H2,1-4H3. The molecule has 0 saturated carbocycles. The highest BCUT2D eigenvalue weighted by molar-refractivity contribution is 7.99. The molecule has 1 heterocycles. The SMILES string of the molecule is CSc1ccccc1C(=O)C1(C)CSc2ccccc2C(=O)C(C)(C)C1. The molecule has 4 heteroatoms. The Morgan fingerprint density at radius 2 is 1.69 bits per heavy atom. The largest absolute Gasteiger partial charge is 0.294 e. The number of ketones is 2. The van der Waals surface area contributed by atoms with Crippen LogP contribution in [0.15, 0.2) is 58.3 Å². The van der Waals surface area contributed by atoms with E-state index in [2.05, 4.69) is 0 Å². The molecule has 2 aromatic carbocycles. The fourth-order valence-corrected chi connectivity index (χ4v) is 5.59. The van der Waals surface area contributed by atoms with Gasteiger partial charge in [-0.3, -0.25) is 9.59 Å². The molecule has 26 heavy (non-hydrogen) atoms. The summed E-state index contributed by atoms with van der Waals surface area (Å²) in [6.07, 6.45) is 2.53. The Labute approximate surface area is 164 Å². The predicted molar refractivity (Wildman–Crippen MR) is 111 cm³/mol. The Morgan fingerprint density at radius 1 is 1.04 bits per heavy atom. The van der Waals surface area contributed by atoms with E-state index in [0.29, 0.717) is 12.2 Å². The molecule has 1 aliphatic rings. The summed E-state index contributed by atoms with van der Waals surface area (Å²) < 4.78 is 0. The summed E-state index contributed by atoms with van der Waals surface area (Å²) in [6.45, 7) is 5.95. The highest BCUT2D eigenvalue weighted by Crippen LogP contribution is 2.46. The van der Waals surface area contributed by atoms with Crippen LogP contribution in [0, 0.1) is 10.8 Å². The highest BCUT2D eigenvalue weighted by Gasteiger charge is 2.44. The van der Waals surface area contributed by atoms with E-state index in [1.807, 2.05) is 75.6 Å². The Morgan fingerprint density at radius 3 is 2.42 bits per heavy atom. The Balaban J connectivity index is 2.05. The van der Waals surface area contributed by atoms with Crippen molar-refractivity contribution >= 4 is 35.1 Å². The maximum absolute atomic E-state index is 13.5. The highest BCUT2D eigenvalue weighted by atomic mass is 32.2. The quantitative estimate of drug-likeness (QED) is 0.480. The zero-order valence-corrected chi connectivity index (χ0v) is 17.3. The first-order valence-electron chi connectivity index (χ1n) is 8.73. The molecular weight excluding hydrogens is 360 g/mol. The van der Waals surface area contributed by atoms with Gasteiger partial charge in [-0.25, -0.2) is 0 Å². The molecule has 1 aliphatic heterocycles. The van der Waals surface area contributed by atoms with Gasteiger partial charge in [0.1, 0.15) is 0 Å². The van der Waals surface area contributed by atoms with Crippen LogP contribution >= 0.6 is 23.5 Å². The number of rotatable bonds is 3. The molecule has 0 spiro atoms. The average Bonchev–Trinajstić information content (AvgIpc) is 2.64. The number of thioether (sulfide) groups is 2. The van der Waals surface area contributed by atoms with Crippen molar-refractivity contribution in [1.29, 1.82) is 0 Å². The van der Waals surface area contributed by atoms with E-state index in [1.54, 1.807) is 23.5 Å². The fourth-order valence-electron chi connectivity index (χ4n) is 3.79. The number of carbonyl (C=O) groups excluding carboxylic acids is 2. The maximum Gasteiger partial charge on any atom is 0.170 e. The van der Waals surface area contributed by atoms with E-state index in [0.717, 1.165) is 20.9 Å². The van der Waals surface area contributed by atoms with Gasteiger partial charge < -0.3 is 0 Å². The van der Waals surface area contributed by atoms with Crippen molar-refractivity contribution in [3.05, 3.63) is 59.7 Å². The molecule has 0 saturated heterocycles. The first-order chi connectivity index (χ1) is 12.3. The van der Waals surface area contributed by atoms with Gasteiger partial charge in [0, 0.05) is 37.5 Å². The molecule has 2 aromatic rings. The number of fused-ring (bicyclic) bond motifs is 1. The summed E-state index contributed by atoms with van der Waals surface area (Å²) in [5, 5.41) is 0. The van der Waals surface area contributed by atoms with E-state index >= 15 is 0 Å². The lowest BCUT2D eigenvalue weighted by molar-refractivity contribution is 0.0672. The Kier molecular flexibility index (Phi) is 5.36. The first-order valence-corrected chi connectivity index (χ1v) is 10.9. The van der Waals surface area contributed by atoms with E-state index in [4.69, 9.17) is 0 Å². The van der Waals surface area contributed by atoms with Gasteiger partial charge in [-0.1, -0.05) is 57.2 Å². The molecular formula is C22H24O2S2. The topological polar surface area (TPSA) is 34.1 Å². The molecule has 0 N–H and O–H groups in total. The third-order valence-electron chi connectivity index (χ3n) is 5.02. The molecule has 2 nitrogen and oxygen atoms in total. The number of Topliss-reactive ketones (excluding diaryl/α,β-unsaturated/α-hetero) is 2. The minimum absolute atomic E-state index is 0.123. The number of hydrogen-bond acceptors (Lipinski definition) is 4. The maximum atomic E-state index is 13.5. The summed E-state index contributed by atoms with van der Waals surface area (Å²) in [5.74, 6) is 0.926. The minimum atomic E-state index is -0.594. The summed E-state index contributed by atoms with van der Waals surface area (Å²) in [7, 11) is 0. The molecule has 1 atom stereocenters. The van der Waals surface area contributed by atoms with Crippen molar-refractivity contribution in [1.82, 2.24) is 0 Å². The molecule has 3 rings (SSSR count). The van der Waals surface area contributed by atoms with Crippen LogP contribution in [0.1, 0.15) is 47.9 Å². The number of hydrogen-bond donors (Lipinski definition) is 0. The molecule has 0 aliphatic carbocycles. The molecule has 0 bridgehead atoms. The zero-order chi connectivity index (χ0) is 18.9. The lowest BCUT2D eigenvalue weighted by Gasteiger charge is -2.38. The third kappa shape index (κ3) is 3.49. The smallest absolute Gasteiger partial charge is 0.170 e. The van der Waals surface area contributed by atoms with Crippen molar-refractivity contribution in [3.63, 3.8) is 0 Å². The second-order valence-corrected chi connectivity index (χ2v) is 9.63. The summed E-state index contributed by atoms with van der Waals surface area (Å²) in [6, 6.07) is 15.5. The van der Waals surface area contributed by atoms with Gasteiger partial charge in [0.15, 0.2) is 11.6 Å². The van der Waals surface area contributed by atoms with Crippen molar-refractivity contribution in [3.8, 4) is 0 Å².